The van der Waals surface area contributed by atoms with E-state index in [-0.39, 0.29) is 5.91 Å². The topological polar surface area (TPSA) is 68.0 Å². The van der Waals surface area contributed by atoms with Gasteiger partial charge in [0.2, 0.25) is 0 Å². The first-order valence-electron chi connectivity index (χ1n) is 6.37. The van der Waals surface area contributed by atoms with E-state index in [1.54, 1.807) is 0 Å². The summed E-state index contributed by atoms with van der Waals surface area (Å²) in [6.45, 7) is 0. The van der Waals surface area contributed by atoms with E-state index in [0.717, 1.165) is 0 Å². The predicted octanol–water partition coefficient (Wildman–Crippen LogP) is 2.24. The Morgan fingerprint density at radius 2 is 2.00 bits per heavy atom. The molecule has 3 rings (SSSR count). The average molecular weight is 266 g/mol. The van der Waals surface area contributed by atoms with Gasteiger partial charge in [-0.2, -0.15) is 0 Å². The fourth-order valence-corrected chi connectivity index (χ4v) is 2.58. The quantitative estimate of drug-likeness (QED) is 0.877. The number of nitrogens with one attached hydrogen (secondary N) is 1. The third-order valence-electron chi connectivity index (χ3n) is 3.68. The molecule has 2 fully saturated rings. The molecule has 4 nitrogen and oxygen atoms in total. The summed E-state index contributed by atoms with van der Waals surface area (Å²) in [7, 11) is 0. The Morgan fingerprint density at radius 1 is 1.39 bits per heavy atom. The van der Waals surface area contributed by atoms with Gasteiger partial charge in [-0.1, -0.05) is 11.6 Å². The summed E-state index contributed by atoms with van der Waals surface area (Å²) in [5.41, 5.74) is 6.02. The molecule has 5 heteroatoms. The molecular formula is C13H16ClN3O. The maximum atomic E-state index is 12.2. The van der Waals surface area contributed by atoms with Crippen LogP contribution in [0.3, 0.4) is 0 Å². The summed E-state index contributed by atoms with van der Waals surface area (Å²) in [5, 5.41) is 3.47. The van der Waals surface area contributed by atoms with Crippen LogP contribution < -0.4 is 11.1 Å². The van der Waals surface area contributed by atoms with Crippen molar-refractivity contribution in [1.82, 2.24) is 10.3 Å². The summed E-state index contributed by atoms with van der Waals surface area (Å²) in [6, 6.07) is 1.86. The summed E-state index contributed by atoms with van der Waals surface area (Å²) in [6.07, 6.45) is 6.34. The van der Waals surface area contributed by atoms with Crippen LogP contribution in [0.4, 0.5) is 5.82 Å². The zero-order valence-corrected chi connectivity index (χ0v) is 10.8. The van der Waals surface area contributed by atoms with Gasteiger partial charge in [0.25, 0.3) is 5.91 Å². The molecular weight excluding hydrogens is 250 g/mol. The van der Waals surface area contributed by atoms with Crippen LogP contribution in [0, 0.1) is 11.8 Å². The number of anilines is 1. The van der Waals surface area contributed by atoms with E-state index in [4.69, 9.17) is 17.3 Å². The lowest BCUT2D eigenvalue weighted by molar-refractivity contribution is 0.0926. The number of nitrogens with zero attached hydrogens (tertiary/aromatic N) is 1. The minimum Gasteiger partial charge on any atom is -0.384 e. The summed E-state index contributed by atoms with van der Waals surface area (Å²) < 4.78 is 0. The normalized spacial score (nSPS) is 19.0. The van der Waals surface area contributed by atoms with Crippen molar-refractivity contribution < 1.29 is 4.79 Å². The van der Waals surface area contributed by atoms with E-state index < -0.39 is 0 Å². The molecule has 1 aromatic heterocycles. The Bertz CT molecular complexity index is 471. The Labute approximate surface area is 111 Å². The predicted molar refractivity (Wildman–Crippen MR) is 70.4 cm³/mol. The van der Waals surface area contributed by atoms with Crippen LogP contribution in [0.2, 0.25) is 5.02 Å². The van der Waals surface area contributed by atoms with Crippen LogP contribution >= 0.6 is 11.6 Å². The van der Waals surface area contributed by atoms with Crippen molar-refractivity contribution in [1.29, 1.82) is 0 Å². The number of aromatic nitrogens is 1. The molecule has 0 aliphatic heterocycles. The highest BCUT2D eigenvalue weighted by atomic mass is 35.5. The zero-order chi connectivity index (χ0) is 12.7. The molecule has 3 N–H and O–H groups in total. The minimum atomic E-state index is -0.127. The second kappa shape index (κ2) is 4.43. The molecule has 0 bridgehead atoms. The van der Waals surface area contributed by atoms with Crippen LogP contribution in [-0.4, -0.2) is 16.9 Å². The number of halogens is 1. The molecule has 0 atom stereocenters. The van der Waals surface area contributed by atoms with Crippen molar-refractivity contribution >= 4 is 23.3 Å². The van der Waals surface area contributed by atoms with Crippen LogP contribution in [0.1, 0.15) is 36.0 Å². The van der Waals surface area contributed by atoms with Crippen molar-refractivity contribution in [2.75, 3.05) is 5.73 Å². The van der Waals surface area contributed by atoms with Crippen molar-refractivity contribution in [3.63, 3.8) is 0 Å². The van der Waals surface area contributed by atoms with E-state index in [2.05, 4.69) is 10.3 Å². The molecule has 0 aromatic carbocycles. The second-order valence-electron chi connectivity index (χ2n) is 5.26. The Kier molecular flexibility index (Phi) is 2.90. The minimum absolute atomic E-state index is 0.127. The van der Waals surface area contributed by atoms with Gasteiger partial charge in [0.15, 0.2) is 0 Å². The largest absolute Gasteiger partial charge is 0.384 e. The highest BCUT2D eigenvalue weighted by molar-refractivity contribution is 6.33. The van der Waals surface area contributed by atoms with Gasteiger partial charge in [-0.25, -0.2) is 4.98 Å². The first kappa shape index (κ1) is 11.8. The lowest BCUT2D eigenvalue weighted by Crippen LogP contribution is -2.38. The van der Waals surface area contributed by atoms with Gasteiger partial charge in [-0.05, 0) is 43.6 Å². The van der Waals surface area contributed by atoms with Crippen LogP contribution in [0.15, 0.2) is 12.3 Å². The molecule has 1 amide bonds. The molecule has 0 saturated heterocycles. The lowest BCUT2D eigenvalue weighted by atomic mass is 10.1. The van der Waals surface area contributed by atoms with Crippen LogP contribution in [-0.2, 0) is 0 Å². The monoisotopic (exact) mass is 265 g/mol. The maximum Gasteiger partial charge on any atom is 0.253 e. The number of hydrogen-bond acceptors (Lipinski definition) is 3. The van der Waals surface area contributed by atoms with E-state index in [9.17, 15) is 4.79 Å². The van der Waals surface area contributed by atoms with E-state index >= 15 is 0 Å². The molecule has 0 radical (unpaired) electrons. The molecule has 1 heterocycles. The molecule has 2 aliphatic carbocycles. The van der Waals surface area contributed by atoms with Crippen LogP contribution in [0.5, 0.6) is 0 Å². The maximum absolute atomic E-state index is 12.2. The SMILES string of the molecule is Nc1cc(C(=O)NC(C2CC2)C2CC2)c(Cl)cn1. The second-order valence-corrected chi connectivity index (χ2v) is 5.67. The fraction of sp³-hybridized carbons (Fsp3) is 0.538. The molecule has 0 spiro atoms. The molecule has 0 unspecified atom stereocenters. The van der Waals surface area contributed by atoms with Gasteiger partial charge in [-0.15, -0.1) is 0 Å². The van der Waals surface area contributed by atoms with Crippen LogP contribution in [0.25, 0.3) is 0 Å². The molecule has 1 aromatic rings. The number of pyridine rings is 1. The highest BCUT2D eigenvalue weighted by Crippen LogP contribution is 2.44. The van der Waals surface area contributed by atoms with E-state index in [0.29, 0.717) is 34.3 Å². The number of nitrogens with two attached hydrogens (primary N) is 1. The molecule has 2 aliphatic rings. The fourth-order valence-electron chi connectivity index (χ4n) is 2.39. The van der Waals surface area contributed by atoms with Crippen molar-refractivity contribution in [3.8, 4) is 0 Å². The Balaban J connectivity index is 1.75. The van der Waals surface area contributed by atoms with E-state index in [1.165, 1.54) is 37.9 Å². The number of carbonyl (C=O) groups is 1. The summed E-state index contributed by atoms with van der Waals surface area (Å²) in [5.74, 6) is 1.52. The molecule has 18 heavy (non-hydrogen) atoms. The average Bonchev–Trinajstić information content (AvgIpc) is 3.21. The smallest absolute Gasteiger partial charge is 0.253 e. The third-order valence-corrected chi connectivity index (χ3v) is 3.98. The molecule has 2 saturated carbocycles. The number of hydrogen-bond donors (Lipinski definition) is 2. The van der Waals surface area contributed by atoms with Gasteiger partial charge in [-0.3, -0.25) is 4.79 Å². The van der Waals surface area contributed by atoms with Gasteiger partial charge < -0.3 is 11.1 Å². The lowest BCUT2D eigenvalue weighted by Gasteiger charge is -2.18. The third kappa shape index (κ3) is 2.43. The summed E-state index contributed by atoms with van der Waals surface area (Å²) in [4.78, 5) is 16.1. The first-order chi connectivity index (χ1) is 8.65. The number of amides is 1. The van der Waals surface area contributed by atoms with Gasteiger partial charge in [0.05, 0.1) is 10.6 Å². The number of rotatable bonds is 4. The highest BCUT2D eigenvalue weighted by Gasteiger charge is 2.42. The van der Waals surface area contributed by atoms with Gasteiger partial charge in [0, 0.05) is 12.2 Å². The Hall–Kier alpha value is -1.29. The standard InChI is InChI=1S/C13H16ClN3O/c14-10-6-16-11(15)5-9(10)13(18)17-12(7-1-2-7)8-3-4-8/h5-8,12H,1-4H2,(H2,15,16)(H,17,18). The molecule has 96 valence electrons. The van der Waals surface area contributed by atoms with Gasteiger partial charge in [0.1, 0.15) is 5.82 Å². The van der Waals surface area contributed by atoms with Crippen molar-refractivity contribution in [2.24, 2.45) is 11.8 Å². The summed E-state index contributed by atoms with van der Waals surface area (Å²) >= 11 is 5.99. The zero-order valence-electron chi connectivity index (χ0n) is 10.0. The Morgan fingerprint density at radius 3 is 2.56 bits per heavy atom. The van der Waals surface area contributed by atoms with Crippen molar-refractivity contribution in [2.45, 2.75) is 31.7 Å². The number of nitrogen functional groups attached to an aromatic ring is 1. The van der Waals surface area contributed by atoms with E-state index in [1.807, 2.05) is 0 Å². The van der Waals surface area contributed by atoms with Gasteiger partial charge >= 0.3 is 0 Å². The number of carbonyl (C=O) groups excluding carboxylic acids is 1. The van der Waals surface area contributed by atoms with Crippen molar-refractivity contribution in [3.05, 3.63) is 22.8 Å². The first-order valence-corrected chi connectivity index (χ1v) is 6.75.